The highest BCUT2D eigenvalue weighted by atomic mass is 16.2. The maximum Gasteiger partial charge on any atom is 0.235 e. The molecule has 7 nitrogen and oxygen atoms in total. The van der Waals surface area contributed by atoms with E-state index in [-0.39, 0.29) is 18.0 Å². The molecule has 2 atom stereocenters. The Hall–Kier alpha value is -2.51. The van der Waals surface area contributed by atoms with Crippen LogP contribution in [0, 0.1) is 6.92 Å². The van der Waals surface area contributed by atoms with E-state index in [0.717, 1.165) is 37.8 Å². The third-order valence-corrected chi connectivity index (χ3v) is 5.17. The van der Waals surface area contributed by atoms with Crippen LogP contribution in [0.1, 0.15) is 23.9 Å². The van der Waals surface area contributed by atoms with E-state index in [1.807, 2.05) is 37.4 Å². The van der Waals surface area contributed by atoms with Gasteiger partial charge in [-0.3, -0.25) is 15.1 Å². The number of hydrogen-bond donors (Lipinski definition) is 2. The highest BCUT2D eigenvalue weighted by Gasteiger charge is 2.35. The summed E-state index contributed by atoms with van der Waals surface area (Å²) in [4.78, 5) is 25.4. The van der Waals surface area contributed by atoms with Gasteiger partial charge < -0.3 is 4.90 Å². The molecule has 26 heavy (non-hydrogen) atoms. The summed E-state index contributed by atoms with van der Waals surface area (Å²) >= 11 is 0. The molecule has 7 heteroatoms. The monoisotopic (exact) mass is 352 g/mol. The molecule has 0 saturated carbocycles. The van der Waals surface area contributed by atoms with Crippen molar-refractivity contribution in [1.29, 1.82) is 0 Å². The van der Waals surface area contributed by atoms with Gasteiger partial charge in [0, 0.05) is 44.8 Å². The summed E-state index contributed by atoms with van der Waals surface area (Å²) in [5.41, 5.74) is 7.21. The standard InChI is InChI=1S/C19H24N6O/c1-14-20-8-7-17(21-14)25-11-9-24(10-12-25)16-13-18(26)22-23-19(16)15-5-3-2-4-6-15/h2-8,16,19,23H,9-13H2,1H3,(H,22,26). The van der Waals surface area contributed by atoms with Gasteiger partial charge in [-0.1, -0.05) is 30.3 Å². The van der Waals surface area contributed by atoms with E-state index >= 15 is 0 Å². The van der Waals surface area contributed by atoms with Crippen molar-refractivity contribution < 1.29 is 4.79 Å². The van der Waals surface area contributed by atoms with Crippen molar-refractivity contribution in [2.45, 2.75) is 25.4 Å². The first-order valence-corrected chi connectivity index (χ1v) is 9.09. The Balaban J connectivity index is 1.47. The predicted octanol–water partition coefficient (Wildman–Crippen LogP) is 1.04. The van der Waals surface area contributed by atoms with Gasteiger partial charge in [0.1, 0.15) is 11.6 Å². The quantitative estimate of drug-likeness (QED) is 0.860. The summed E-state index contributed by atoms with van der Waals surface area (Å²) in [6.07, 6.45) is 2.32. The lowest BCUT2D eigenvalue weighted by Gasteiger charge is -2.44. The molecule has 2 saturated heterocycles. The Morgan fingerprint density at radius 2 is 1.85 bits per heavy atom. The molecule has 0 radical (unpaired) electrons. The first kappa shape index (κ1) is 16.9. The molecule has 2 unspecified atom stereocenters. The van der Waals surface area contributed by atoms with Crippen LogP contribution in [0.3, 0.4) is 0 Å². The molecular formula is C19H24N6O. The van der Waals surface area contributed by atoms with E-state index in [0.29, 0.717) is 6.42 Å². The number of nitrogens with zero attached hydrogens (tertiary/aromatic N) is 4. The van der Waals surface area contributed by atoms with Gasteiger partial charge in [-0.25, -0.2) is 15.4 Å². The van der Waals surface area contributed by atoms with Crippen LogP contribution in [0.15, 0.2) is 42.6 Å². The zero-order chi connectivity index (χ0) is 17.9. The van der Waals surface area contributed by atoms with Gasteiger partial charge in [-0.15, -0.1) is 0 Å². The normalized spacial score (nSPS) is 24.3. The fourth-order valence-electron chi connectivity index (χ4n) is 3.82. The van der Waals surface area contributed by atoms with Crippen molar-refractivity contribution in [1.82, 2.24) is 25.7 Å². The highest BCUT2D eigenvalue weighted by molar-refractivity contribution is 5.77. The summed E-state index contributed by atoms with van der Waals surface area (Å²) in [5.74, 6) is 1.83. The van der Waals surface area contributed by atoms with Gasteiger partial charge >= 0.3 is 0 Å². The molecule has 2 aromatic rings. The van der Waals surface area contributed by atoms with Crippen LogP contribution in [0.25, 0.3) is 0 Å². The lowest BCUT2D eigenvalue weighted by Crippen LogP contribution is -2.60. The predicted molar refractivity (Wildman–Crippen MR) is 99.4 cm³/mol. The average Bonchev–Trinajstić information content (AvgIpc) is 2.69. The molecule has 1 aromatic heterocycles. The molecule has 0 bridgehead atoms. The average molecular weight is 352 g/mol. The van der Waals surface area contributed by atoms with E-state index in [4.69, 9.17) is 0 Å². The number of rotatable bonds is 3. The second kappa shape index (κ2) is 7.39. The van der Waals surface area contributed by atoms with Crippen LogP contribution in [0.4, 0.5) is 5.82 Å². The molecule has 0 aliphatic carbocycles. The summed E-state index contributed by atoms with van der Waals surface area (Å²) in [5, 5.41) is 0. The second-order valence-corrected chi connectivity index (χ2v) is 6.84. The molecule has 2 aliphatic rings. The number of hydrazine groups is 1. The molecule has 2 N–H and O–H groups in total. The first-order chi connectivity index (χ1) is 12.7. The summed E-state index contributed by atoms with van der Waals surface area (Å²) < 4.78 is 0. The van der Waals surface area contributed by atoms with Crippen molar-refractivity contribution >= 4 is 11.7 Å². The molecule has 0 spiro atoms. The number of aryl methyl sites for hydroxylation is 1. The third kappa shape index (κ3) is 3.54. The van der Waals surface area contributed by atoms with E-state index in [2.05, 4.69) is 42.8 Å². The SMILES string of the molecule is Cc1nccc(N2CCN(C3CC(=O)NNC3c3ccccc3)CC2)n1. The fraction of sp³-hybridized carbons (Fsp3) is 0.421. The number of benzene rings is 1. The first-order valence-electron chi connectivity index (χ1n) is 9.09. The van der Waals surface area contributed by atoms with Crippen LogP contribution in [-0.4, -0.2) is 53.0 Å². The fourth-order valence-corrected chi connectivity index (χ4v) is 3.82. The number of piperazine rings is 1. The number of aromatic nitrogens is 2. The Kier molecular flexibility index (Phi) is 4.81. The number of anilines is 1. The van der Waals surface area contributed by atoms with Gasteiger partial charge in [0.2, 0.25) is 5.91 Å². The zero-order valence-electron chi connectivity index (χ0n) is 14.9. The number of nitrogens with one attached hydrogen (secondary N) is 2. The van der Waals surface area contributed by atoms with E-state index in [1.54, 1.807) is 0 Å². The van der Waals surface area contributed by atoms with Crippen molar-refractivity contribution in [3.63, 3.8) is 0 Å². The van der Waals surface area contributed by atoms with Crippen molar-refractivity contribution in [3.8, 4) is 0 Å². The third-order valence-electron chi connectivity index (χ3n) is 5.17. The second-order valence-electron chi connectivity index (χ2n) is 6.84. The van der Waals surface area contributed by atoms with Crippen LogP contribution < -0.4 is 15.8 Å². The Bertz CT molecular complexity index is 760. The minimum Gasteiger partial charge on any atom is -0.354 e. The molecule has 1 amide bonds. The lowest BCUT2D eigenvalue weighted by atomic mass is 9.93. The summed E-state index contributed by atoms with van der Waals surface area (Å²) in [6, 6.07) is 12.5. The van der Waals surface area contributed by atoms with Crippen LogP contribution in [0.2, 0.25) is 0 Å². The number of carbonyl (C=O) groups is 1. The van der Waals surface area contributed by atoms with Gasteiger partial charge in [0.05, 0.1) is 6.04 Å². The van der Waals surface area contributed by atoms with Crippen LogP contribution in [0.5, 0.6) is 0 Å². The maximum atomic E-state index is 12.0. The van der Waals surface area contributed by atoms with Crippen molar-refractivity contribution in [3.05, 3.63) is 54.0 Å². The van der Waals surface area contributed by atoms with Crippen LogP contribution in [-0.2, 0) is 4.79 Å². The van der Waals surface area contributed by atoms with Crippen LogP contribution >= 0.6 is 0 Å². The van der Waals surface area contributed by atoms with E-state index in [1.165, 1.54) is 5.56 Å². The topological polar surface area (TPSA) is 73.4 Å². The molecule has 4 rings (SSSR count). The molecule has 2 fully saturated rings. The molecule has 1 aromatic carbocycles. The highest BCUT2D eigenvalue weighted by Crippen LogP contribution is 2.27. The molecule has 3 heterocycles. The van der Waals surface area contributed by atoms with Crippen molar-refractivity contribution in [2.75, 3.05) is 31.1 Å². The molecule has 136 valence electrons. The summed E-state index contributed by atoms with van der Waals surface area (Å²) in [7, 11) is 0. The van der Waals surface area contributed by atoms with Gasteiger partial charge in [-0.05, 0) is 18.6 Å². The Morgan fingerprint density at radius 3 is 2.58 bits per heavy atom. The number of amides is 1. The largest absolute Gasteiger partial charge is 0.354 e. The summed E-state index contributed by atoms with van der Waals surface area (Å²) in [6.45, 7) is 5.53. The number of carbonyl (C=O) groups excluding carboxylic acids is 1. The van der Waals surface area contributed by atoms with Gasteiger partial charge in [-0.2, -0.15) is 0 Å². The maximum absolute atomic E-state index is 12.0. The molecule has 2 aliphatic heterocycles. The van der Waals surface area contributed by atoms with Gasteiger partial charge in [0.15, 0.2) is 0 Å². The lowest BCUT2D eigenvalue weighted by molar-refractivity contribution is -0.126. The zero-order valence-corrected chi connectivity index (χ0v) is 14.9. The van der Waals surface area contributed by atoms with E-state index in [9.17, 15) is 4.79 Å². The minimum atomic E-state index is 0.0519. The molecular weight excluding hydrogens is 328 g/mol. The number of hydrogen-bond acceptors (Lipinski definition) is 6. The van der Waals surface area contributed by atoms with Crippen molar-refractivity contribution in [2.24, 2.45) is 0 Å². The Labute approximate surface area is 153 Å². The smallest absolute Gasteiger partial charge is 0.235 e. The minimum absolute atomic E-state index is 0.0519. The van der Waals surface area contributed by atoms with E-state index < -0.39 is 0 Å². The Morgan fingerprint density at radius 1 is 1.08 bits per heavy atom. The van der Waals surface area contributed by atoms with Gasteiger partial charge in [0.25, 0.3) is 0 Å².